The van der Waals surface area contributed by atoms with Gasteiger partial charge < -0.3 is 4.74 Å². The summed E-state index contributed by atoms with van der Waals surface area (Å²) in [4.78, 5) is 15.5. The summed E-state index contributed by atoms with van der Waals surface area (Å²) in [5.41, 5.74) is 2.40. The number of hydrogen-bond acceptors (Lipinski definition) is 7. The van der Waals surface area contributed by atoms with E-state index >= 15 is 0 Å². The molecule has 2 aromatic rings. The molecule has 4 rings (SSSR count). The van der Waals surface area contributed by atoms with Gasteiger partial charge in [0.25, 0.3) is 10.0 Å². The van der Waals surface area contributed by atoms with Gasteiger partial charge in [0, 0.05) is 17.7 Å². The Morgan fingerprint density at radius 2 is 1.57 bits per heavy atom. The first-order valence-corrected chi connectivity index (χ1v) is 15.4. The smallest absolute Gasteiger partial charge is 0.324 e. The quantitative estimate of drug-likeness (QED) is 0.418. The van der Waals surface area contributed by atoms with E-state index in [0.29, 0.717) is 18.6 Å². The highest BCUT2D eigenvalue weighted by molar-refractivity contribution is 7.89. The first-order chi connectivity index (χ1) is 17.5. The molecular weight excluding hydrogens is 514 g/mol. The molecule has 0 spiro atoms. The molecule has 1 saturated carbocycles. The van der Waals surface area contributed by atoms with Crippen LogP contribution in [-0.2, 0) is 29.6 Å². The van der Waals surface area contributed by atoms with Crippen molar-refractivity contribution in [3.8, 4) is 0 Å². The molecule has 0 bridgehead atoms. The lowest BCUT2D eigenvalue weighted by Crippen LogP contribution is -2.46. The van der Waals surface area contributed by atoms with Gasteiger partial charge in [-0.15, -0.1) is 0 Å². The Morgan fingerprint density at radius 3 is 2.16 bits per heavy atom. The van der Waals surface area contributed by atoms with Crippen molar-refractivity contribution in [3.05, 3.63) is 59.7 Å². The predicted molar refractivity (Wildman–Crippen MR) is 140 cm³/mol. The Hall–Kier alpha value is -2.76. The summed E-state index contributed by atoms with van der Waals surface area (Å²) < 4.78 is 59.9. The fourth-order valence-electron chi connectivity index (χ4n) is 5.09. The highest BCUT2D eigenvalue weighted by Crippen LogP contribution is 2.41. The monoisotopic (exact) mass is 547 g/mol. The van der Waals surface area contributed by atoms with Gasteiger partial charge in [0.1, 0.15) is 6.04 Å². The topological polar surface area (TPSA) is 122 Å². The number of nitrogens with one attached hydrogen (secondary N) is 1. The molecule has 1 saturated heterocycles. The third kappa shape index (κ3) is 5.73. The number of carbonyl (C=O) groups excluding carboxylic acids is 1. The van der Waals surface area contributed by atoms with Crippen LogP contribution in [-0.4, -0.2) is 51.5 Å². The largest absolute Gasteiger partial charge is 0.465 e. The molecule has 3 atom stereocenters. The molecule has 2 fully saturated rings. The fourth-order valence-corrected chi connectivity index (χ4v) is 7.76. The maximum atomic E-state index is 13.8. The molecule has 2 aliphatic rings. The number of fused-ring (bicyclic) bond motifs is 1. The normalized spacial score (nSPS) is 23.9. The number of nitrogens with zero attached hydrogens (tertiary/aromatic N) is 2. The average Bonchev–Trinajstić information content (AvgIpc) is 3.14. The lowest BCUT2D eigenvalue weighted by molar-refractivity contribution is -0.147. The molecule has 1 N–H and O–H groups in total. The number of hydrazone groups is 1. The van der Waals surface area contributed by atoms with Gasteiger partial charge in [0.2, 0.25) is 10.0 Å². The number of esters is 1. The lowest BCUT2D eigenvalue weighted by atomic mass is 9.92. The molecule has 200 valence electrons. The van der Waals surface area contributed by atoms with Crippen molar-refractivity contribution in [1.29, 1.82) is 0 Å². The molecule has 0 unspecified atom stereocenters. The number of hydrogen-bond donors (Lipinski definition) is 1. The second kappa shape index (κ2) is 10.9. The van der Waals surface area contributed by atoms with E-state index in [1.807, 2.05) is 13.8 Å². The van der Waals surface area contributed by atoms with Crippen molar-refractivity contribution >= 4 is 31.7 Å². The highest BCUT2D eigenvalue weighted by Gasteiger charge is 2.53. The molecule has 2 aromatic carbocycles. The molecule has 9 nitrogen and oxygen atoms in total. The van der Waals surface area contributed by atoms with E-state index in [0.717, 1.165) is 24.0 Å². The number of rotatable bonds is 7. The predicted octanol–water partition coefficient (Wildman–Crippen LogP) is 3.52. The second-order valence-corrected chi connectivity index (χ2v) is 13.1. The highest BCUT2D eigenvalue weighted by atomic mass is 32.2. The Bertz CT molecular complexity index is 1370. The molecule has 1 heterocycles. The van der Waals surface area contributed by atoms with Gasteiger partial charge in [-0.05, 0) is 70.7 Å². The van der Waals surface area contributed by atoms with Gasteiger partial charge in [-0.3, -0.25) is 4.79 Å². The summed E-state index contributed by atoms with van der Waals surface area (Å²) >= 11 is 0. The molecular formula is C26H33N3O6S2. The molecule has 0 radical (unpaired) electrons. The summed E-state index contributed by atoms with van der Waals surface area (Å²) in [5.74, 6) is -1.02. The van der Waals surface area contributed by atoms with E-state index in [4.69, 9.17) is 4.74 Å². The van der Waals surface area contributed by atoms with Gasteiger partial charge in [-0.2, -0.15) is 17.8 Å². The first-order valence-electron chi connectivity index (χ1n) is 12.5. The van der Waals surface area contributed by atoms with Crippen LogP contribution in [0.25, 0.3) is 0 Å². The van der Waals surface area contributed by atoms with E-state index in [9.17, 15) is 21.6 Å². The number of ether oxygens (including phenoxy) is 1. The van der Waals surface area contributed by atoms with E-state index < -0.39 is 44.0 Å². The number of carbonyl (C=O) groups is 1. The van der Waals surface area contributed by atoms with Gasteiger partial charge in [0.05, 0.1) is 16.4 Å². The first kappa shape index (κ1) is 27.3. The maximum Gasteiger partial charge on any atom is 0.324 e. The van der Waals surface area contributed by atoms with Crippen molar-refractivity contribution in [2.45, 2.75) is 74.7 Å². The summed E-state index contributed by atoms with van der Waals surface area (Å²) in [6.07, 6.45) is 2.68. The lowest BCUT2D eigenvalue weighted by Gasteiger charge is -2.29. The summed E-state index contributed by atoms with van der Waals surface area (Å²) in [6, 6.07) is 11.4. The van der Waals surface area contributed by atoms with Crippen LogP contribution < -0.4 is 4.83 Å². The van der Waals surface area contributed by atoms with Crippen LogP contribution in [0.5, 0.6) is 0 Å². The average molecular weight is 548 g/mol. The Labute approximate surface area is 219 Å². The minimum Gasteiger partial charge on any atom is -0.465 e. The summed E-state index contributed by atoms with van der Waals surface area (Å²) in [6.45, 7) is 5.54. The summed E-state index contributed by atoms with van der Waals surface area (Å²) in [5, 5.41) is 4.30. The number of aryl methyl sites for hydroxylation is 2. The van der Waals surface area contributed by atoms with Crippen LogP contribution in [0, 0.1) is 19.8 Å². The van der Waals surface area contributed by atoms with Crippen LogP contribution in [0.15, 0.2) is 63.4 Å². The molecule has 11 heteroatoms. The molecule has 37 heavy (non-hydrogen) atoms. The number of benzene rings is 2. The van der Waals surface area contributed by atoms with E-state index in [2.05, 4.69) is 9.93 Å². The van der Waals surface area contributed by atoms with Gasteiger partial charge in [0.15, 0.2) is 0 Å². The SMILES string of the molecule is CCOC(=O)[C@@H]1C[C@@H]2/C(=N\NS(=O)(=O)c3ccc(C)cc3)CCCC[C@@H]2N1S(=O)(=O)c1ccc(C)cc1. The minimum atomic E-state index is -4.03. The second-order valence-electron chi connectivity index (χ2n) is 9.58. The van der Waals surface area contributed by atoms with E-state index in [-0.39, 0.29) is 22.8 Å². The Kier molecular flexibility index (Phi) is 8.05. The van der Waals surface area contributed by atoms with Crippen molar-refractivity contribution < 1.29 is 26.4 Å². The van der Waals surface area contributed by atoms with Crippen molar-refractivity contribution in [3.63, 3.8) is 0 Å². The molecule has 1 aliphatic carbocycles. The zero-order chi connectivity index (χ0) is 26.8. The Morgan fingerprint density at radius 1 is 0.973 bits per heavy atom. The van der Waals surface area contributed by atoms with E-state index in [1.54, 1.807) is 43.3 Å². The zero-order valence-corrected chi connectivity index (χ0v) is 22.9. The van der Waals surface area contributed by atoms with Crippen molar-refractivity contribution in [2.24, 2.45) is 11.0 Å². The van der Waals surface area contributed by atoms with Crippen LogP contribution >= 0.6 is 0 Å². The van der Waals surface area contributed by atoms with Crippen LogP contribution in [0.1, 0.15) is 50.2 Å². The number of sulfonamides is 2. The third-order valence-corrected chi connectivity index (χ3v) is 10.2. The Balaban J connectivity index is 1.70. The maximum absolute atomic E-state index is 13.8. The van der Waals surface area contributed by atoms with Crippen molar-refractivity contribution in [1.82, 2.24) is 9.14 Å². The van der Waals surface area contributed by atoms with Gasteiger partial charge in [-0.1, -0.05) is 41.8 Å². The van der Waals surface area contributed by atoms with Crippen LogP contribution in [0.2, 0.25) is 0 Å². The molecule has 1 aliphatic heterocycles. The van der Waals surface area contributed by atoms with Gasteiger partial charge >= 0.3 is 5.97 Å². The van der Waals surface area contributed by atoms with Crippen LogP contribution in [0.4, 0.5) is 0 Å². The molecule has 0 aromatic heterocycles. The van der Waals surface area contributed by atoms with Gasteiger partial charge in [-0.25, -0.2) is 13.2 Å². The summed E-state index contributed by atoms with van der Waals surface area (Å²) in [7, 11) is -7.94. The fraction of sp³-hybridized carbons (Fsp3) is 0.462. The minimum absolute atomic E-state index is 0.0898. The third-order valence-electron chi connectivity index (χ3n) is 6.98. The standard InChI is InChI=1S/C26H33N3O6S2/c1-4-35-26(30)25-17-22-23(27-28-36(31,32)20-13-9-18(2)10-14-20)7-5-6-8-24(22)29(25)37(33,34)21-15-11-19(3)12-16-21/h9-16,22,24-25,28H,4-8,17H2,1-3H3/b27-23-/t22-,24+,25+/m1/s1. The molecule has 0 amide bonds. The van der Waals surface area contributed by atoms with E-state index in [1.165, 1.54) is 16.4 Å². The van der Waals surface area contributed by atoms with Crippen LogP contribution in [0.3, 0.4) is 0 Å². The van der Waals surface area contributed by atoms with Crippen molar-refractivity contribution in [2.75, 3.05) is 6.61 Å². The zero-order valence-electron chi connectivity index (χ0n) is 21.3.